The molecule has 3 aromatic rings. The summed E-state index contributed by atoms with van der Waals surface area (Å²) in [7, 11) is 6.20. The molecule has 0 aliphatic rings. The molecule has 0 radical (unpaired) electrons. The number of benzene rings is 2. The number of amides is 1. The van der Waals surface area contributed by atoms with Crippen LogP contribution in [0.15, 0.2) is 40.9 Å². The van der Waals surface area contributed by atoms with Gasteiger partial charge in [-0.25, -0.2) is 0 Å². The first-order valence-electron chi connectivity index (χ1n) is 8.74. The number of hydrogen-bond donors (Lipinski definition) is 1. The molecule has 1 aromatic heterocycles. The van der Waals surface area contributed by atoms with Crippen LogP contribution in [0.1, 0.15) is 6.92 Å². The van der Waals surface area contributed by atoms with Gasteiger partial charge in [-0.2, -0.15) is 0 Å². The lowest BCUT2D eigenvalue weighted by Gasteiger charge is -2.14. The molecule has 0 bridgehead atoms. The zero-order chi connectivity index (χ0) is 21.0. The Hall–Kier alpha value is -3.68. The van der Waals surface area contributed by atoms with Gasteiger partial charge in [-0.1, -0.05) is 5.16 Å². The highest BCUT2D eigenvalue weighted by Gasteiger charge is 2.24. The molecule has 152 valence electrons. The largest absolute Gasteiger partial charge is 0.497 e. The van der Waals surface area contributed by atoms with Gasteiger partial charge < -0.3 is 28.8 Å². The van der Waals surface area contributed by atoms with E-state index in [1.165, 1.54) is 28.3 Å². The number of rotatable bonds is 7. The third-order valence-corrected chi connectivity index (χ3v) is 4.29. The summed E-state index contributed by atoms with van der Waals surface area (Å²) in [6.45, 7) is 1.40. The maximum atomic E-state index is 11.7. The van der Waals surface area contributed by atoms with Gasteiger partial charge in [-0.05, 0) is 42.0 Å². The minimum absolute atomic E-state index is 0.270. The van der Waals surface area contributed by atoms with Crippen molar-refractivity contribution in [3.05, 3.63) is 36.4 Å². The number of aromatic nitrogens is 1. The van der Waals surface area contributed by atoms with Gasteiger partial charge in [0.15, 0.2) is 23.1 Å². The van der Waals surface area contributed by atoms with Crippen LogP contribution in [0.4, 0.5) is 5.82 Å². The van der Waals surface area contributed by atoms with Crippen molar-refractivity contribution < 1.29 is 28.3 Å². The fourth-order valence-corrected chi connectivity index (χ4v) is 2.97. The number of carbonyl (C=O) groups is 1. The van der Waals surface area contributed by atoms with Crippen LogP contribution in [0.25, 0.3) is 22.5 Å². The second-order valence-electron chi connectivity index (χ2n) is 6.06. The number of methoxy groups -OCH3 is 4. The molecule has 0 spiro atoms. The monoisotopic (exact) mass is 398 g/mol. The highest BCUT2D eigenvalue weighted by atomic mass is 16.5. The fraction of sp³-hybridized carbons (Fsp3) is 0.238. The van der Waals surface area contributed by atoms with Crippen LogP contribution in [0.3, 0.4) is 0 Å². The Kier molecular flexibility index (Phi) is 5.92. The predicted octanol–water partition coefficient (Wildman–Crippen LogP) is 4.00. The number of carbonyl (C=O) groups excluding carboxylic acids is 1. The van der Waals surface area contributed by atoms with Crippen LogP contribution in [-0.2, 0) is 4.79 Å². The van der Waals surface area contributed by atoms with Crippen molar-refractivity contribution in [2.45, 2.75) is 6.92 Å². The van der Waals surface area contributed by atoms with Gasteiger partial charge in [0.1, 0.15) is 5.75 Å². The van der Waals surface area contributed by atoms with Crippen LogP contribution >= 0.6 is 0 Å². The molecule has 29 heavy (non-hydrogen) atoms. The number of anilines is 1. The van der Waals surface area contributed by atoms with Crippen molar-refractivity contribution in [2.24, 2.45) is 0 Å². The molecule has 0 saturated heterocycles. The molecule has 0 fully saturated rings. The Morgan fingerprint density at radius 3 is 2.00 bits per heavy atom. The lowest BCUT2D eigenvalue weighted by molar-refractivity contribution is -0.114. The quantitative estimate of drug-likeness (QED) is 0.643. The molecule has 3 rings (SSSR count). The van der Waals surface area contributed by atoms with Crippen molar-refractivity contribution in [3.8, 4) is 45.4 Å². The number of nitrogens with zero attached hydrogens (tertiary/aromatic N) is 1. The van der Waals surface area contributed by atoms with Crippen LogP contribution in [0.2, 0.25) is 0 Å². The van der Waals surface area contributed by atoms with Gasteiger partial charge in [0.05, 0.1) is 34.0 Å². The highest BCUT2D eigenvalue weighted by molar-refractivity contribution is 5.97. The van der Waals surface area contributed by atoms with Crippen molar-refractivity contribution in [1.29, 1.82) is 0 Å². The normalized spacial score (nSPS) is 10.4. The molecule has 0 aliphatic heterocycles. The molecule has 8 nitrogen and oxygen atoms in total. The van der Waals surface area contributed by atoms with E-state index in [1.54, 1.807) is 19.2 Å². The van der Waals surface area contributed by atoms with Crippen molar-refractivity contribution >= 4 is 11.7 Å². The average Bonchev–Trinajstić information content (AvgIpc) is 3.15. The number of ether oxygens (including phenoxy) is 4. The van der Waals surface area contributed by atoms with Crippen LogP contribution in [0.5, 0.6) is 23.0 Å². The second-order valence-corrected chi connectivity index (χ2v) is 6.06. The minimum atomic E-state index is -0.270. The summed E-state index contributed by atoms with van der Waals surface area (Å²) >= 11 is 0. The van der Waals surface area contributed by atoms with Gasteiger partial charge in [-0.3, -0.25) is 4.79 Å². The first-order valence-corrected chi connectivity index (χ1v) is 8.74. The molecule has 0 aliphatic carbocycles. The van der Waals surface area contributed by atoms with Gasteiger partial charge in [0.2, 0.25) is 11.7 Å². The molecule has 2 aromatic carbocycles. The van der Waals surface area contributed by atoms with Gasteiger partial charge in [0.25, 0.3) is 0 Å². The van der Waals surface area contributed by atoms with Crippen LogP contribution < -0.4 is 24.3 Å². The molecule has 1 heterocycles. The molecule has 0 saturated carbocycles. The third kappa shape index (κ3) is 3.96. The average molecular weight is 398 g/mol. The summed E-state index contributed by atoms with van der Waals surface area (Å²) in [5, 5.41) is 6.76. The van der Waals surface area contributed by atoms with Gasteiger partial charge in [0, 0.05) is 12.5 Å². The summed E-state index contributed by atoms with van der Waals surface area (Å²) in [6, 6.07) is 10.9. The van der Waals surface area contributed by atoms with E-state index in [9.17, 15) is 4.79 Å². The first kappa shape index (κ1) is 20.1. The minimum Gasteiger partial charge on any atom is -0.497 e. The fourth-order valence-electron chi connectivity index (χ4n) is 2.97. The Labute approximate surface area is 168 Å². The SMILES string of the molecule is COc1ccc(-c2onc(NC(C)=O)c2-c2cc(OC)c(OC)c(OC)c2)cc1. The van der Waals surface area contributed by atoms with E-state index in [1.807, 2.05) is 24.3 Å². The Bertz CT molecular complexity index is 986. The lowest BCUT2D eigenvalue weighted by Crippen LogP contribution is -2.07. The summed E-state index contributed by atoms with van der Waals surface area (Å²) in [6.07, 6.45) is 0. The highest BCUT2D eigenvalue weighted by Crippen LogP contribution is 2.45. The molecule has 1 N–H and O–H groups in total. The van der Waals surface area contributed by atoms with Crippen molar-refractivity contribution in [1.82, 2.24) is 5.16 Å². The molecular weight excluding hydrogens is 376 g/mol. The smallest absolute Gasteiger partial charge is 0.222 e. The van der Waals surface area contributed by atoms with Gasteiger partial charge in [-0.15, -0.1) is 0 Å². The van der Waals surface area contributed by atoms with E-state index in [-0.39, 0.29) is 11.7 Å². The standard InChI is InChI=1S/C21H22N2O6/c1-12(24)22-21-18(14-10-16(26-3)20(28-5)17(11-14)27-4)19(29-23-21)13-6-8-15(25-2)9-7-13/h6-11H,1-5H3,(H,22,23,24). The second kappa shape index (κ2) is 8.55. The van der Waals surface area contributed by atoms with Gasteiger partial charge >= 0.3 is 0 Å². The van der Waals surface area contributed by atoms with E-state index in [0.717, 1.165) is 5.56 Å². The van der Waals surface area contributed by atoms with Crippen LogP contribution in [0, 0.1) is 0 Å². The molecule has 0 atom stereocenters. The first-order chi connectivity index (χ1) is 14.0. The Morgan fingerprint density at radius 2 is 1.52 bits per heavy atom. The maximum Gasteiger partial charge on any atom is 0.222 e. The van der Waals surface area contributed by atoms with E-state index >= 15 is 0 Å². The van der Waals surface area contributed by atoms with E-state index in [0.29, 0.717) is 39.9 Å². The predicted molar refractivity (Wildman–Crippen MR) is 108 cm³/mol. The van der Waals surface area contributed by atoms with E-state index in [4.69, 9.17) is 23.5 Å². The third-order valence-electron chi connectivity index (χ3n) is 4.29. The van der Waals surface area contributed by atoms with Crippen molar-refractivity contribution in [3.63, 3.8) is 0 Å². The Balaban J connectivity index is 2.23. The summed E-state index contributed by atoms with van der Waals surface area (Å²) in [5.74, 6) is 2.61. The topological polar surface area (TPSA) is 92.1 Å². The maximum absolute atomic E-state index is 11.7. The summed E-state index contributed by atoms with van der Waals surface area (Å²) in [5.41, 5.74) is 2.03. The van der Waals surface area contributed by atoms with Crippen molar-refractivity contribution in [2.75, 3.05) is 33.8 Å². The summed E-state index contributed by atoms with van der Waals surface area (Å²) in [4.78, 5) is 11.7. The molecule has 1 amide bonds. The number of hydrogen-bond acceptors (Lipinski definition) is 7. The van der Waals surface area contributed by atoms with Crippen LogP contribution in [-0.4, -0.2) is 39.5 Å². The zero-order valence-corrected chi connectivity index (χ0v) is 16.9. The zero-order valence-electron chi connectivity index (χ0n) is 16.9. The van der Waals surface area contributed by atoms with E-state index in [2.05, 4.69) is 10.5 Å². The Morgan fingerprint density at radius 1 is 0.897 bits per heavy atom. The van der Waals surface area contributed by atoms with E-state index < -0.39 is 0 Å². The summed E-state index contributed by atoms with van der Waals surface area (Å²) < 4.78 is 27.1. The molecular formula is C21H22N2O6. The number of nitrogens with one attached hydrogen (secondary N) is 1. The molecule has 8 heteroatoms. The lowest BCUT2D eigenvalue weighted by atomic mass is 10.00. The molecule has 0 unspecified atom stereocenters.